The number of rotatable bonds is 10. The molecule has 0 aliphatic carbocycles. The first kappa shape index (κ1) is 58.5. The Balaban J connectivity index is 0.000000798. The van der Waals surface area contributed by atoms with Gasteiger partial charge in [-0.25, -0.2) is 4.79 Å². The molecule has 3 aromatic rings. The molecule has 1 amide bonds. The number of nitrogens with one attached hydrogen (secondary N) is 2. The lowest BCUT2D eigenvalue weighted by Gasteiger charge is -2.20. The minimum Gasteiger partial charge on any atom is -0.410 e. The van der Waals surface area contributed by atoms with Crippen LogP contribution in [-0.4, -0.2) is 166 Å². The van der Waals surface area contributed by atoms with Crippen LogP contribution in [0.15, 0.2) is 84.9 Å². The highest BCUT2D eigenvalue weighted by Crippen LogP contribution is 2.20. The van der Waals surface area contributed by atoms with Gasteiger partial charge < -0.3 is 35.0 Å². The molecule has 4 atom stereocenters. The summed E-state index contributed by atoms with van der Waals surface area (Å²) in [6.45, 7) is 10.7. The topological polar surface area (TPSA) is 113 Å². The SMILES string of the molecule is CN(C)[C@H]1CCN(C(=O)Oc2ccc([N+](=O)[O-])cc2)C1.CN(C)[C@H]1CCN(Cc2ccccc2)C1.CN(C)[C@H]1CCNC1.CN[C@H]1CCN(Cc2ccccc2)C1.S.S.S.S. The molecule has 4 heterocycles. The summed E-state index contributed by atoms with van der Waals surface area (Å²) in [4.78, 5) is 35.4. The van der Waals surface area contributed by atoms with Gasteiger partial charge in [-0.3, -0.25) is 19.9 Å². The number of amides is 1. The second-order valence-electron chi connectivity index (χ2n) is 16.2. The lowest BCUT2D eigenvalue weighted by molar-refractivity contribution is -0.384. The van der Waals surface area contributed by atoms with Crippen molar-refractivity contribution in [2.24, 2.45) is 0 Å². The average Bonchev–Trinajstić information content (AvgIpc) is 4.05. The van der Waals surface area contributed by atoms with Gasteiger partial charge in [0.25, 0.3) is 5.69 Å². The predicted octanol–water partition coefficient (Wildman–Crippen LogP) is 5.39. The molecule has 0 radical (unpaired) electrons. The van der Waals surface area contributed by atoms with E-state index in [2.05, 4.69) is 131 Å². The number of non-ortho nitro benzene ring substituents is 1. The molecule has 4 fully saturated rings. The van der Waals surface area contributed by atoms with Gasteiger partial charge in [0.05, 0.1) is 4.92 Å². The maximum Gasteiger partial charge on any atom is 0.415 e. The standard InChI is InChI=1S/C13H17N3O4.C13H20N2.C12H18N2.C6H14N2.4H2S/c1-14(2)11-7-8-15(9-11)13(17)20-12-5-3-10(4-6-12)16(18)19;1-14(2)13-8-9-15(11-13)10-12-6-4-3-5-7-12;1-13-12-7-8-14(10-12)9-11-5-3-2-4-6-11;1-8(2)6-3-4-7-5-6;;;;/h3-6,11H,7-9H2,1-2H3;3-7,13H,8-11H2,1-2H3;2-6,12-13H,7-10H2,1H3;6-7H,3-5H2,1-2H3;4*1H2/t11-;13-;12-;6-;;;;/m0000..../s1. The van der Waals surface area contributed by atoms with E-state index in [1.165, 1.54) is 93.9 Å². The van der Waals surface area contributed by atoms with Crippen LogP contribution in [-0.2, 0) is 13.1 Å². The van der Waals surface area contributed by atoms with Crippen LogP contribution >= 0.6 is 54.0 Å². The lowest BCUT2D eigenvalue weighted by Crippen LogP contribution is -2.35. The summed E-state index contributed by atoms with van der Waals surface area (Å²) in [5.41, 5.74) is 2.82. The van der Waals surface area contributed by atoms with Crippen molar-refractivity contribution in [2.75, 3.05) is 102 Å². The van der Waals surface area contributed by atoms with Crippen LogP contribution in [0, 0.1) is 10.1 Å². The van der Waals surface area contributed by atoms with Gasteiger partial charge in [-0.1, -0.05) is 60.7 Å². The molecule has 0 aromatic heterocycles. The molecular formula is C44H77N9O4S4. The van der Waals surface area contributed by atoms with Crippen LogP contribution in [0.3, 0.4) is 0 Å². The highest BCUT2D eigenvalue weighted by Gasteiger charge is 2.29. The zero-order valence-electron chi connectivity index (χ0n) is 37.6. The van der Waals surface area contributed by atoms with Gasteiger partial charge in [-0.2, -0.15) is 54.0 Å². The van der Waals surface area contributed by atoms with Crippen LogP contribution < -0.4 is 15.4 Å². The monoisotopic (exact) mass is 923 g/mol. The summed E-state index contributed by atoms with van der Waals surface area (Å²) in [5, 5.41) is 17.2. The summed E-state index contributed by atoms with van der Waals surface area (Å²) in [6, 6.07) is 29.5. The smallest absolute Gasteiger partial charge is 0.410 e. The number of nitrogens with zero attached hydrogens (tertiary/aromatic N) is 7. The molecule has 0 bridgehead atoms. The van der Waals surface area contributed by atoms with Crippen molar-refractivity contribution in [3.8, 4) is 5.75 Å². The average molecular weight is 924 g/mol. The lowest BCUT2D eigenvalue weighted by atomic mass is 10.2. The molecular weight excluding hydrogens is 847 g/mol. The molecule has 0 saturated carbocycles. The van der Waals surface area contributed by atoms with Crippen molar-refractivity contribution >= 4 is 65.8 Å². The summed E-state index contributed by atoms with van der Waals surface area (Å²) in [5.74, 6) is 0.314. The van der Waals surface area contributed by atoms with Crippen molar-refractivity contribution in [3.63, 3.8) is 0 Å². The molecule has 4 aliphatic rings. The highest BCUT2D eigenvalue weighted by atomic mass is 32.1. The molecule has 3 aromatic carbocycles. The number of nitro benzene ring substituents is 1. The van der Waals surface area contributed by atoms with E-state index < -0.39 is 11.0 Å². The third-order valence-corrected chi connectivity index (χ3v) is 11.3. The van der Waals surface area contributed by atoms with E-state index >= 15 is 0 Å². The quantitative estimate of drug-likeness (QED) is 0.202. The maximum atomic E-state index is 12.0. The van der Waals surface area contributed by atoms with E-state index in [4.69, 9.17) is 4.74 Å². The van der Waals surface area contributed by atoms with Gasteiger partial charge in [0.2, 0.25) is 0 Å². The van der Waals surface area contributed by atoms with Crippen LogP contribution in [0.5, 0.6) is 5.75 Å². The number of carbonyl (C=O) groups excluding carboxylic acids is 1. The first-order valence-corrected chi connectivity index (χ1v) is 20.5. The maximum absolute atomic E-state index is 12.0. The largest absolute Gasteiger partial charge is 0.415 e. The Morgan fingerprint density at radius 3 is 1.59 bits per heavy atom. The fourth-order valence-corrected chi connectivity index (χ4v) is 7.48. The zero-order chi connectivity index (χ0) is 41.2. The van der Waals surface area contributed by atoms with Gasteiger partial charge in [0, 0.05) is 95.2 Å². The molecule has 0 unspecified atom stereocenters. The summed E-state index contributed by atoms with van der Waals surface area (Å²) < 4.78 is 5.21. The van der Waals surface area contributed by atoms with Gasteiger partial charge in [0.1, 0.15) is 5.75 Å². The van der Waals surface area contributed by atoms with E-state index in [1.54, 1.807) is 4.90 Å². The Kier molecular flexibility index (Phi) is 30.0. The highest BCUT2D eigenvalue weighted by molar-refractivity contribution is 7.59. The Bertz CT molecular complexity index is 1590. The molecule has 0 spiro atoms. The van der Waals surface area contributed by atoms with Crippen LogP contribution in [0.25, 0.3) is 0 Å². The molecule has 13 nitrogen and oxygen atoms in total. The van der Waals surface area contributed by atoms with E-state index in [1.807, 2.05) is 14.1 Å². The van der Waals surface area contributed by atoms with E-state index in [0.717, 1.165) is 31.6 Å². The van der Waals surface area contributed by atoms with E-state index in [-0.39, 0.29) is 59.7 Å². The summed E-state index contributed by atoms with van der Waals surface area (Å²) in [7, 11) is 14.6. The van der Waals surface area contributed by atoms with Crippen LogP contribution in [0.1, 0.15) is 36.8 Å². The molecule has 17 heteroatoms. The molecule has 346 valence electrons. The van der Waals surface area contributed by atoms with Crippen molar-refractivity contribution < 1.29 is 14.5 Å². The second kappa shape index (κ2) is 31.3. The van der Waals surface area contributed by atoms with Crippen LogP contribution in [0.2, 0.25) is 0 Å². The third-order valence-electron chi connectivity index (χ3n) is 11.3. The van der Waals surface area contributed by atoms with Gasteiger partial charge >= 0.3 is 6.09 Å². The Labute approximate surface area is 394 Å². The van der Waals surface area contributed by atoms with Crippen molar-refractivity contribution in [1.29, 1.82) is 0 Å². The second-order valence-corrected chi connectivity index (χ2v) is 16.2. The number of nitro groups is 1. The number of ether oxygens (including phenoxy) is 1. The van der Waals surface area contributed by atoms with Gasteiger partial charge in [-0.15, -0.1) is 0 Å². The molecule has 61 heavy (non-hydrogen) atoms. The first-order chi connectivity index (χ1) is 27.4. The molecule has 4 saturated heterocycles. The normalized spacial score (nSPS) is 20.7. The number of likely N-dealkylation sites (N-methyl/N-ethyl adjacent to an activating group) is 4. The molecule has 7 rings (SSSR count). The fraction of sp³-hybridized carbons (Fsp3) is 0.568. The first-order valence-electron chi connectivity index (χ1n) is 20.5. The third kappa shape index (κ3) is 21.1. The summed E-state index contributed by atoms with van der Waals surface area (Å²) in [6.07, 6.45) is 4.40. The van der Waals surface area contributed by atoms with E-state index in [0.29, 0.717) is 30.9 Å². The minimum absolute atomic E-state index is 0. The molecule has 2 N–H and O–H groups in total. The Hall–Kier alpha value is -2.55. The van der Waals surface area contributed by atoms with Crippen LogP contribution in [0.4, 0.5) is 10.5 Å². The molecule has 4 aliphatic heterocycles. The number of benzene rings is 3. The zero-order valence-corrected chi connectivity index (χ0v) is 41.6. The van der Waals surface area contributed by atoms with Crippen molar-refractivity contribution in [1.82, 2.24) is 40.0 Å². The Morgan fingerprint density at radius 2 is 1.18 bits per heavy atom. The fourth-order valence-electron chi connectivity index (χ4n) is 7.48. The number of likely N-dealkylation sites (tertiary alicyclic amines) is 3. The minimum atomic E-state index is -0.492. The van der Waals surface area contributed by atoms with E-state index in [9.17, 15) is 14.9 Å². The van der Waals surface area contributed by atoms with Crippen molar-refractivity contribution in [3.05, 3.63) is 106 Å². The van der Waals surface area contributed by atoms with Gasteiger partial charge in [-0.05, 0) is 105 Å². The summed E-state index contributed by atoms with van der Waals surface area (Å²) >= 11 is 0. The van der Waals surface area contributed by atoms with Gasteiger partial charge in [0.15, 0.2) is 0 Å². The number of hydrogen-bond acceptors (Lipinski definition) is 11. The number of carbonyl (C=O) groups is 1. The predicted molar refractivity (Wildman–Crippen MR) is 272 cm³/mol. The Morgan fingerprint density at radius 1 is 0.689 bits per heavy atom. The van der Waals surface area contributed by atoms with Crippen molar-refractivity contribution in [2.45, 2.75) is 62.9 Å². The number of hydrogen-bond donors (Lipinski definition) is 2.